The van der Waals surface area contributed by atoms with E-state index < -0.39 is 5.97 Å². The van der Waals surface area contributed by atoms with Crippen molar-refractivity contribution in [2.45, 2.75) is 27.0 Å². The third-order valence-corrected chi connectivity index (χ3v) is 4.67. The van der Waals surface area contributed by atoms with Crippen LogP contribution in [0.25, 0.3) is 5.69 Å². The fraction of sp³-hybridized carbons (Fsp3) is 0.182. The van der Waals surface area contributed by atoms with Gasteiger partial charge in [-0.25, -0.2) is 9.18 Å². The number of pyridine rings is 1. The van der Waals surface area contributed by atoms with Gasteiger partial charge >= 0.3 is 5.97 Å². The predicted molar refractivity (Wildman–Crippen MR) is 107 cm³/mol. The monoisotopic (exact) mass is 396 g/mol. The zero-order valence-corrected chi connectivity index (χ0v) is 16.1. The van der Waals surface area contributed by atoms with E-state index in [4.69, 9.17) is 10.5 Å². The van der Waals surface area contributed by atoms with E-state index >= 15 is 0 Å². The lowest BCUT2D eigenvalue weighted by Crippen LogP contribution is -2.21. The lowest BCUT2D eigenvalue weighted by Gasteiger charge is -2.15. The summed E-state index contributed by atoms with van der Waals surface area (Å²) < 4.78 is 20.5. The molecule has 1 heterocycles. The maximum absolute atomic E-state index is 13.3. The van der Waals surface area contributed by atoms with Gasteiger partial charge in [0.25, 0.3) is 5.56 Å². The van der Waals surface area contributed by atoms with Crippen LogP contribution < -0.4 is 16.0 Å². The van der Waals surface area contributed by atoms with Crippen molar-refractivity contribution < 1.29 is 19.0 Å². The Morgan fingerprint density at radius 3 is 2.52 bits per heavy atom. The van der Waals surface area contributed by atoms with Gasteiger partial charge in [0.15, 0.2) is 0 Å². The molecule has 0 saturated heterocycles. The van der Waals surface area contributed by atoms with Crippen LogP contribution in [0.5, 0.6) is 5.75 Å². The molecule has 0 saturated carbocycles. The Balaban J connectivity index is 1.92. The fourth-order valence-electron chi connectivity index (χ4n) is 3.13. The van der Waals surface area contributed by atoms with Crippen molar-refractivity contribution in [3.8, 4) is 11.4 Å². The van der Waals surface area contributed by atoms with Crippen molar-refractivity contribution in [3.63, 3.8) is 0 Å². The number of benzene rings is 2. The summed E-state index contributed by atoms with van der Waals surface area (Å²) in [6.45, 7) is 3.87. The molecule has 7 heteroatoms. The van der Waals surface area contributed by atoms with E-state index in [1.54, 1.807) is 32.0 Å². The summed E-state index contributed by atoms with van der Waals surface area (Å²) in [5.74, 6) is -1.07. The molecule has 0 unspecified atom stereocenters. The average Bonchev–Trinajstić information content (AvgIpc) is 2.67. The molecule has 0 bridgehead atoms. The van der Waals surface area contributed by atoms with E-state index in [-0.39, 0.29) is 30.1 Å². The number of carbonyl (C=O) groups is 1. The maximum atomic E-state index is 13.3. The number of aryl methyl sites for hydroxylation is 2. The number of rotatable bonds is 6. The molecule has 0 radical (unpaired) electrons. The van der Waals surface area contributed by atoms with E-state index in [1.165, 1.54) is 34.9 Å². The molecule has 29 heavy (non-hydrogen) atoms. The highest BCUT2D eigenvalue weighted by Gasteiger charge is 2.13. The van der Waals surface area contributed by atoms with Crippen LogP contribution in [0.3, 0.4) is 0 Å². The minimum absolute atomic E-state index is 0.0999. The minimum atomic E-state index is -1.06. The summed E-state index contributed by atoms with van der Waals surface area (Å²) in [5.41, 5.74) is 8.65. The Hall–Kier alpha value is -3.45. The quantitative estimate of drug-likeness (QED) is 0.667. The molecule has 6 nitrogen and oxygen atoms in total. The van der Waals surface area contributed by atoms with Gasteiger partial charge in [-0.2, -0.15) is 0 Å². The normalized spacial score (nSPS) is 10.8. The summed E-state index contributed by atoms with van der Waals surface area (Å²) in [5, 5.41) is 9.23. The molecule has 2 aromatic carbocycles. The van der Waals surface area contributed by atoms with Crippen LogP contribution in [0.2, 0.25) is 0 Å². The summed E-state index contributed by atoms with van der Waals surface area (Å²) in [4.78, 5) is 24.0. The van der Waals surface area contributed by atoms with Gasteiger partial charge in [0.2, 0.25) is 0 Å². The summed E-state index contributed by atoms with van der Waals surface area (Å²) in [7, 11) is 0. The van der Waals surface area contributed by atoms with Gasteiger partial charge in [0, 0.05) is 24.4 Å². The number of nitrogens with two attached hydrogens (primary N) is 1. The van der Waals surface area contributed by atoms with Crippen LogP contribution in [-0.2, 0) is 13.2 Å². The SMILES string of the molecule is Cc1ccc(C(=O)O)cc1-n1c(C)cc(OCc2ccc(F)cc2CN)cc1=O. The molecule has 0 atom stereocenters. The second-order valence-electron chi connectivity index (χ2n) is 6.72. The molecule has 3 aromatic rings. The highest BCUT2D eigenvalue weighted by Crippen LogP contribution is 2.20. The van der Waals surface area contributed by atoms with E-state index in [0.717, 1.165) is 11.1 Å². The zero-order chi connectivity index (χ0) is 21.1. The number of carboxylic acids is 1. The van der Waals surface area contributed by atoms with Gasteiger partial charge in [-0.3, -0.25) is 9.36 Å². The largest absolute Gasteiger partial charge is 0.489 e. The third-order valence-electron chi connectivity index (χ3n) is 4.67. The number of halogens is 1. The summed E-state index contributed by atoms with van der Waals surface area (Å²) in [6, 6.07) is 12.0. The first-order valence-corrected chi connectivity index (χ1v) is 8.98. The van der Waals surface area contributed by atoms with Gasteiger partial charge in [-0.05, 0) is 54.8 Å². The topological polar surface area (TPSA) is 94.5 Å². The molecular formula is C22H21FN2O4. The molecule has 0 fully saturated rings. The number of aromatic carboxylic acids is 1. The lowest BCUT2D eigenvalue weighted by atomic mass is 10.1. The summed E-state index contributed by atoms with van der Waals surface area (Å²) in [6.07, 6.45) is 0. The predicted octanol–water partition coefficient (Wildman–Crippen LogP) is 3.33. The second-order valence-corrected chi connectivity index (χ2v) is 6.72. The van der Waals surface area contributed by atoms with Gasteiger partial charge in [-0.15, -0.1) is 0 Å². The van der Waals surface area contributed by atoms with Crippen molar-refractivity contribution in [2.75, 3.05) is 0 Å². The molecule has 0 amide bonds. The van der Waals surface area contributed by atoms with Crippen LogP contribution in [0.1, 0.15) is 32.7 Å². The van der Waals surface area contributed by atoms with E-state index in [2.05, 4.69) is 0 Å². The fourth-order valence-corrected chi connectivity index (χ4v) is 3.13. The van der Waals surface area contributed by atoms with Crippen LogP contribution in [0.4, 0.5) is 4.39 Å². The lowest BCUT2D eigenvalue weighted by molar-refractivity contribution is 0.0697. The van der Waals surface area contributed by atoms with Crippen LogP contribution in [-0.4, -0.2) is 15.6 Å². The maximum Gasteiger partial charge on any atom is 0.335 e. The van der Waals surface area contributed by atoms with Gasteiger partial charge in [0.05, 0.1) is 11.3 Å². The molecule has 0 aliphatic carbocycles. The number of hydrogen-bond acceptors (Lipinski definition) is 4. The van der Waals surface area contributed by atoms with Crippen LogP contribution >= 0.6 is 0 Å². The highest BCUT2D eigenvalue weighted by molar-refractivity contribution is 5.88. The smallest absolute Gasteiger partial charge is 0.335 e. The Morgan fingerprint density at radius 2 is 1.86 bits per heavy atom. The van der Waals surface area contributed by atoms with Crippen molar-refractivity contribution in [1.29, 1.82) is 0 Å². The number of carboxylic acid groups (broad SMARTS) is 1. The van der Waals surface area contributed by atoms with Crippen molar-refractivity contribution >= 4 is 5.97 Å². The standard InChI is InChI=1S/C22H21FN2O4/c1-13-3-4-15(22(27)28)9-20(13)25-14(2)7-19(10-21(25)26)29-12-16-5-6-18(23)8-17(16)11-24/h3-10H,11-12,24H2,1-2H3,(H,27,28). The van der Waals surface area contributed by atoms with E-state index in [9.17, 15) is 19.1 Å². The first-order chi connectivity index (χ1) is 13.8. The van der Waals surface area contributed by atoms with E-state index in [0.29, 0.717) is 22.7 Å². The molecule has 3 N–H and O–H groups in total. The first kappa shape index (κ1) is 20.3. The molecule has 0 spiro atoms. The average molecular weight is 396 g/mol. The Morgan fingerprint density at radius 1 is 1.10 bits per heavy atom. The Labute approximate surface area is 167 Å². The molecule has 1 aromatic heterocycles. The summed E-state index contributed by atoms with van der Waals surface area (Å²) >= 11 is 0. The zero-order valence-electron chi connectivity index (χ0n) is 16.1. The third kappa shape index (κ3) is 4.35. The van der Waals surface area contributed by atoms with Gasteiger partial charge in [0.1, 0.15) is 18.2 Å². The number of ether oxygens (including phenoxy) is 1. The van der Waals surface area contributed by atoms with Crippen LogP contribution in [0.15, 0.2) is 53.3 Å². The minimum Gasteiger partial charge on any atom is -0.489 e. The highest BCUT2D eigenvalue weighted by atomic mass is 19.1. The number of aromatic nitrogens is 1. The van der Waals surface area contributed by atoms with Gasteiger partial charge in [-0.1, -0.05) is 12.1 Å². The van der Waals surface area contributed by atoms with Crippen LogP contribution in [0, 0.1) is 19.7 Å². The molecule has 150 valence electrons. The van der Waals surface area contributed by atoms with Crippen molar-refractivity contribution in [1.82, 2.24) is 4.57 Å². The molecule has 0 aliphatic rings. The van der Waals surface area contributed by atoms with E-state index in [1.807, 2.05) is 0 Å². The molecule has 3 rings (SSSR count). The Bertz CT molecular complexity index is 1140. The first-order valence-electron chi connectivity index (χ1n) is 8.98. The number of hydrogen-bond donors (Lipinski definition) is 2. The van der Waals surface area contributed by atoms with Gasteiger partial charge < -0.3 is 15.6 Å². The van der Waals surface area contributed by atoms with Crippen molar-refractivity contribution in [3.05, 3.63) is 92.6 Å². The molecular weight excluding hydrogens is 375 g/mol. The molecule has 0 aliphatic heterocycles. The number of nitrogens with zero attached hydrogens (tertiary/aromatic N) is 1. The second kappa shape index (κ2) is 8.28. The Kier molecular flexibility index (Phi) is 5.79. The van der Waals surface area contributed by atoms with Crippen molar-refractivity contribution in [2.24, 2.45) is 5.73 Å².